The molecule has 2 aromatic carbocycles. The Morgan fingerprint density at radius 1 is 1.19 bits per heavy atom. The molecule has 0 spiro atoms. The number of fused-ring (bicyclic) bond motifs is 1. The maximum Gasteiger partial charge on any atom is 0.237 e. The van der Waals surface area contributed by atoms with Gasteiger partial charge in [-0.1, -0.05) is 24.3 Å². The topological polar surface area (TPSA) is 58.5 Å². The molecule has 2 aromatic rings. The average molecular weight is 304 g/mol. The predicted octanol–water partition coefficient (Wildman–Crippen LogP) is 2.70. The Kier molecular flexibility index (Phi) is 3.47. The van der Waals surface area contributed by atoms with E-state index >= 15 is 0 Å². The number of nitrogens with one attached hydrogen (secondary N) is 1. The van der Waals surface area contributed by atoms with Crippen molar-refractivity contribution in [3.63, 3.8) is 0 Å². The summed E-state index contributed by atoms with van der Waals surface area (Å²) in [6.45, 7) is 0.623. The predicted molar refractivity (Wildman–Crippen MR) is 80.4 cm³/mol. The molecule has 6 heteroatoms. The molecule has 21 heavy (non-hydrogen) atoms. The van der Waals surface area contributed by atoms with Crippen molar-refractivity contribution in [2.75, 3.05) is 4.72 Å². The zero-order valence-corrected chi connectivity index (χ0v) is 11.9. The number of rotatable bonds is 4. The molecule has 4 nitrogen and oxygen atoms in total. The third-order valence-electron chi connectivity index (χ3n) is 3.21. The third-order valence-corrected chi connectivity index (χ3v) is 4.45. The van der Waals surface area contributed by atoms with Crippen LogP contribution in [0.25, 0.3) is 0 Å². The fourth-order valence-corrected chi connectivity index (χ4v) is 3.40. The lowest BCUT2D eigenvalue weighted by Gasteiger charge is -2.09. The van der Waals surface area contributed by atoms with E-state index in [4.69, 9.17) is 0 Å². The number of anilines is 1. The molecule has 1 N–H and O–H groups in total. The van der Waals surface area contributed by atoms with Gasteiger partial charge in [-0.05, 0) is 29.3 Å². The van der Waals surface area contributed by atoms with Crippen LogP contribution in [0.4, 0.5) is 10.1 Å². The number of halogens is 1. The van der Waals surface area contributed by atoms with Gasteiger partial charge >= 0.3 is 0 Å². The van der Waals surface area contributed by atoms with Crippen molar-refractivity contribution in [2.24, 2.45) is 4.99 Å². The van der Waals surface area contributed by atoms with Gasteiger partial charge in [0.2, 0.25) is 10.0 Å². The highest BCUT2D eigenvalue weighted by atomic mass is 32.2. The lowest BCUT2D eigenvalue weighted by atomic mass is 10.1. The van der Waals surface area contributed by atoms with E-state index in [1.165, 1.54) is 18.2 Å². The van der Waals surface area contributed by atoms with Crippen molar-refractivity contribution in [3.8, 4) is 0 Å². The van der Waals surface area contributed by atoms with E-state index in [1.54, 1.807) is 24.4 Å². The molecule has 0 bridgehead atoms. The molecule has 0 amide bonds. The minimum atomic E-state index is -3.66. The summed E-state index contributed by atoms with van der Waals surface area (Å²) in [4.78, 5) is 4.12. The molecule has 0 aliphatic carbocycles. The zero-order chi connectivity index (χ0) is 14.9. The van der Waals surface area contributed by atoms with E-state index < -0.39 is 21.6 Å². The average Bonchev–Trinajstić information content (AvgIpc) is 2.88. The summed E-state index contributed by atoms with van der Waals surface area (Å²) in [6, 6.07) is 11.1. The van der Waals surface area contributed by atoms with Crippen LogP contribution in [0.1, 0.15) is 16.7 Å². The Bertz CT molecular complexity index is 816. The molecule has 0 radical (unpaired) electrons. The molecular formula is C15H13FN2O2S. The lowest BCUT2D eigenvalue weighted by Crippen LogP contribution is -2.16. The number of aliphatic imine (C=N–C) groups is 1. The third kappa shape index (κ3) is 3.11. The van der Waals surface area contributed by atoms with Gasteiger partial charge in [0.1, 0.15) is 5.82 Å². The van der Waals surface area contributed by atoms with Crippen LogP contribution < -0.4 is 4.72 Å². The lowest BCUT2D eigenvalue weighted by molar-refractivity contribution is 0.591. The van der Waals surface area contributed by atoms with Crippen LogP contribution in [0.2, 0.25) is 0 Å². The van der Waals surface area contributed by atoms with Crippen LogP contribution in [0.15, 0.2) is 47.5 Å². The Labute approximate surface area is 122 Å². The number of sulfonamides is 1. The number of hydrogen-bond acceptors (Lipinski definition) is 3. The molecule has 108 valence electrons. The molecule has 1 aliphatic rings. The number of benzene rings is 2. The molecular weight excluding hydrogens is 291 g/mol. The fourth-order valence-electron chi connectivity index (χ4n) is 2.20. The van der Waals surface area contributed by atoms with Gasteiger partial charge < -0.3 is 0 Å². The highest BCUT2D eigenvalue weighted by Crippen LogP contribution is 2.21. The number of nitrogens with zero attached hydrogens (tertiary/aromatic N) is 1. The van der Waals surface area contributed by atoms with Gasteiger partial charge in [0, 0.05) is 17.5 Å². The minimum Gasteiger partial charge on any atom is -0.288 e. The Morgan fingerprint density at radius 2 is 2.00 bits per heavy atom. The molecule has 0 saturated carbocycles. The zero-order valence-electron chi connectivity index (χ0n) is 11.1. The van der Waals surface area contributed by atoms with Gasteiger partial charge in [0.15, 0.2) is 0 Å². The number of hydrogen-bond donors (Lipinski definition) is 1. The molecule has 0 atom stereocenters. The molecule has 0 aromatic heterocycles. The van der Waals surface area contributed by atoms with E-state index in [9.17, 15) is 12.8 Å². The first-order valence-corrected chi connectivity index (χ1v) is 8.05. The van der Waals surface area contributed by atoms with Crippen molar-refractivity contribution < 1.29 is 12.8 Å². The Hall–Kier alpha value is -2.21. The van der Waals surface area contributed by atoms with Crippen molar-refractivity contribution in [1.29, 1.82) is 0 Å². The quantitative estimate of drug-likeness (QED) is 0.944. The van der Waals surface area contributed by atoms with Gasteiger partial charge in [-0.25, -0.2) is 12.8 Å². The summed E-state index contributed by atoms with van der Waals surface area (Å²) in [6.07, 6.45) is 1.71. The van der Waals surface area contributed by atoms with Crippen LogP contribution in [0.5, 0.6) is 0 Å². The monoisotopic (exact) mass is 304 g/mol. The van der Waals surface area contributed by atoms with E-state index in [2.05, 4.69) is 9.71 Å². The second-order valence-electron chi connectivity index (χ2n) is 4.84. The second-order valence-corrected chi connectivity index (χ2v) is 6.56. The molecule has 0 saturated heterocycles. The largest absolute Gasteiger partial charge is 0.288 e. The van der Waals surface area contributed by atoms with Crippen LogP contribution in [-0.4, -0.2) is 14.6 Å². The first-order valence-electron chi connectivity index (χ1n) is 6.40. The van der Waals surface area contributed by atoms with Crippen LogP contribution >= 0.6 is 0 Å². The van der Waals surface area contributed by atoms with E-state index in [0.717, 1.165) is 11.1 Å². The fraction of sp³-hybridized carbons (Fsp3) is 0.133. The van der Waals surface area contributed by atoms with Crippen molar-refractivity contribution in [2.45, 2.75) is 12.3 Å². The van der Waals surface area contributed by atoms with E-state index in [-0.39, 0.29) is 5.56 Å². The summed E-state index contributed by atoms with van der Waals surface area (Å²) in [5.41, 5.74) is 2.57. The van der Waals surface area contributed by atoms with Crippen LogP contribution in [0.3, 0.4) is 0 Å². The first-order chi connectivity index (χ1) is 10.0. The maximum atomic E-state index is 13.5. The molecule has 1 heterocycles. The second kappa shape index (κ2) is 5.29. The highest BCUT2D eigenvalue weighted by molar-refractivity contribution is 7.91. The van der Waals surface area contributed by atoms with Crippen LogP contribution in [0, 0.1) is 5.82 Å². The van der Waals surface area contributed by atoms with E-state index in [0.29, 0.717) is 12.2 Å². The highest BCUT2D eigenvalue weighted by Gasteiger charge is 2.15. The van der Waals surface area contributed by atoms with Gasteiger partial charge in [-0.3, -0.25) is 9.71 Å². The summed E-state index contributed by atoms with van der Waals surface area (Å²) in [5.74, 6) is -0.922. The van der Waals surface area contributed by atoms with Gasteiger partial charge in [-0.15, -0.1) is 0 Å². The first kappa shape index (κ1) is 13.8. The maximum absolute atomic E-state index is 13.5. The Balaban J connectivity index is 1.80. The molecule has 3 rings (SSSR count). The normalized spacial score (nSPS) is 13.2. The van der Waals surface area contributed by atoms with Crippen LogP contribution in [-0.2, 0) is 22.3 Å². The van der Waals surface area contributed by atoms with Crippen molar-refractivity contribution in [3.05, 3.63) is 65.0 Å². The van der Waals surface area contributed by atoms with Gasteiger partial charge in [-0.2, -0.15) is 0 Å². The van der Waals surface area contributed by atoms with E-state index in [1.807, 2.05) is 6.07 Å². The summed E-state index contributed by atoms with van der Waals surface area (Å²) in [5, 5.41) is 0. The standard InChI is InChI=1S/C15H13FN2O2S/c16-15-4-2-1-3-12(15)10-21(19,20)18-14-6-5-11-8-17-9-13(11)7-14/h1-7,9,18H,8,10H2. The summed E-state index contributed by atoms with van der Waals surface area (Å²) < 4.78 is 40.2. The van der Waals surface area contributed by atoms with Gasteiger partial charge in [0.25, 0.3) is 0 Å². The molecule has 1 aliphatic heterocycles. The summed E-state index contributed by atoms with van der Waals surface area (Å²) >= 11 is 0. The smallest absolute Gasteiger partial charge is 0.237 e. The molecule has 0 unspecified atom stereocenters. The summed E-state index contributed by atoms with van der Waals surface area (Å²) in [7, 11) is -3.66. The Morgan fingerprint density at radius 3 is 2.81 bits per heavy atom. The molecule has 0 fully saturated rings. The minimum absolute atomic E-state index is 0.146. The van der Waals surface area contributed by atoms with Gasteiger partial charge in [0.05, 0.1) is 12.3 Å². The van der Waals surface area contributed by atoms with Crippen molar-refractivity contribution in [1.82, 2.24) is 0 Å². The van der Waals surface area contributed by atoms with Crippen molar-refractivity contribution >= 4 is 21.9 Å². The SMILES string of the molecule is O=S(=O)(Cc1ccccc1F)Nc1ccc2c(c1)C=NC2.